The maximum Gasteiger partial charge on any atom is 0.149 e. The average molecular weight is 211 g/mol. The molecular formula is C11H11ClO2. The maximum absolute atomic E-state index is 9.06. The zero-order valence-corrected chi connectivity index (χ0v) is 8.64. The molecule has 1 aromatic rings. The second kappa shape index (κ2) is 5.54. The van der Waals surface area contributed by atoms with Crippen LogP contribution in [0.3, 0.4) is 0 Å². The predicted octanol–water partition coefficient (Wildman–Crippen LogP) is 2.23. The molecule has 0 bridgehead atoms. The summed E-state index contributed by atoms with van der Waals surface area (Å²) < 4.78 is 5.33. The van der Waals surface area contributed by atoms with Crippen LogP contribution in [0.4, 0.5) is 0 Å². The van der Waals surface area contributed by atoms with Gasteiger partial charge in [-0.2, -0.15) is 0 Å². The van der Waals surface area contributed by atoms with E-state index in [1.54, 1.807) is 25.1 Å². The summed E-state index contributed by atoms with van der Waals surface area (Å²) in [5, 5.41) is 9.56. The minimum absolute atomic E-state index is 0.130. The van der Waals surface area contributed by atoms with E-state index in [-0.39, 0.29) is 6.61 Å². The van der Waals surface area contributed by atoms with Crippen molar-refractivity contribution in [1.82, 2.24) is 0 Å². The van der Waals surface area contributed by atoms with E-state index in [9.17, 15) is 0 Å². The number of rotatable bonds is 3. The molecule has 1 N–H and O–H groups in total. The zero-order chi connectivity index (χ0) is 10.4. The fraction of sp³-hybridized carbons (Fsp3) is 0.273. The first-order valence-electron chi connectivity index (χ1n) is 4.20. The number of halogens is 1. The lowest BCUT2D eigenvalue weighted by Gasteiger charge is -2.08. The third-order valence-electron chi connectivity index (χ3n) is 1.71. The van der Waals surface area contributed by atoms with Gasteiger partial charge in [0.15, 0.2) is 0 Å². The predicted molar refractivity (Wildman–Crippen MR) is 56.3 cm³/mol. The van der Waals surface area contributed by atoms with Crippen LogP contribution in [-0.4, -0.2) is 11.7 Å². The SMILES string of the molecule is CC#CCOc1cccc(Cl)c1CO. The number of hydrogen-bond acceptors (Lipinski definition) is 2. The molecule has 3 heteroatoms. The lowest BCUT2D eigenvalue weighted by atomic mass is 10.2. The van der Waals surface area contributed by atoms with E-state index in [1.165, 1.54) is 0 Å². The first-order valence-corrected chi connectivity index (χ1v) is 4.58. The van der Waals surface area contributed by atoms with Crippen molar-refractivity contribution in [2.45, 2.75) is 13.5 Å². The van der Waals surface area contributed by atoms with Crippen LogP contribution in [0, 0.1) is 11.8 Å². The molecule has 0 aliphatic rings. The molecular weight excluding hydrogens is 200 g/mol. The molecule has 0 aliphatic carbocycles. The maximum atomic E-state index is 9.06. The van der Waals surface area contributed by atoms with Gasteiger partial charge in [0, 0.05) is 10.6 Å². The molecule has 0 heterocycles. The molecule has 1 rings (SSSR count). The van der Waals surface area contributed by atoms with Gasteiger partial charge in [-0.25, -0.2) is 0 Å². The highest BCUT2D eigenvalue weighted by Crippen LogP contribution is 2.26. The van der Waals surface area contributed by atoms with Crippen LogP contribution in [0.1, 0.15) is 12.5 Å². The summed E-state index contributed by atoms with van der Waals surface area (Å²) in [4.78, 5) is 0. The molecule has 0 aliphatic heterocycles. The molecule has 0 fully saturated rings. The molecule has 2 nitrogen and oxygen atoms in total. The van der Waals surface area contributed by atoms with Crippen LogP contribution in [0.2, 0.25) is 5.02 Å². The Bertz CT molecular complexity index is 363. The molecule has 0 atom stereocenters. The molecule has 74 valence electrons. The number of aliphatic hydroxyl groups is 1. The Morgan fingerprint density at radius 3 is 2.93 bits per heavy atom. The molecule has 0 saturated carbocycles. The van der Waals surface area contributed by atoms with Gasteiger partial charge in [-0.15, -0.1) is 5.92 Å². The van der Waals surface area contributed by atoms with Gasteiger partial charge in [0.05, 0.1) is 6.61 Å². The highest BCUT2D eigenvalue weighted by Gasteiger charge is 2.05. The van der Waals surface area contributed by atoms with Gasteiger partial charge in [0.1, 0.15) is 12.4 Å². The first kappa shape index (κ1) is 10.9. The summed E-state index contributed by atoms with van der Waals surface area (Å²) in [7, 11) is 0. The topological polar surface area (TPSA) is 29.5 Å². The van der Waals surface area contributed by atoms with E-state index in [1.807, 2.05) is 0 Å². The van der Waals surface area contributed by atoms with E-state index in [4.69, 9.17) is 21.4 Å². The fourth-order valence-corrected chi connectivity index (χ4v) is 1.24. The fourth-order valence-electron chi connectivity index (χ4n) is 1.01. The highest BCUT2D eigenvalue weighted by molar-refractivity contribution is 6.31. The number of benzene rings is 1. The van der Waals surface area contributed by atoms with Gasteiger partial charge in [0.25, 0.3) is 0 Å². The van der Waals surface area contributed by atoms with E-state index in [2.05, 4.69) is 11.8 Å². The second-order valence-electron chi connectivity index (χ2n) is 2.59. The quantitative estimate of drug-likeness (QED) is 0.776. The van der Waals surface area contributed by atoms with Crippen molar-refractivity contribution in [2.24, 2.45) is 0 Å². The summed E-state index contributed by atoms with van der Waals surface area (Å²) in [6.07, 6.45) is 0. The van der Waals surface area contributed by atoms with Crippen LogP contribution in [0.5, 0.6) is 5.75 Å². The van der Waals surface area contributed by atoms with Crippen molar-refractivity contribution in [3.63, 3.8) is 0 Å². The van der Waals surface area contributed by atoms with E-state index >= 15 is 0 Å². The van der Waals surface area contributed by atoms with E-state index < -0.39 is 0 Å². The Morgan fingerprint density at radius 2 is 2.29 bits per heavy atom. The van der Waals surface area contributed by atoms with Crippen LogP contribution >= 0.6 is 11.6 Å². The summed E-state index contributed by atoms with van der Waals surface area (Å²) in [5.74, 6) is 6.08. The minimum atomic E-state index is -0.130. The van der Waals surface area contributed by atoms with Crippen molar-refractivity contribution >= 4 is 11.6 Å². The van der Waals surface area contributed by atoms with Gasteiger partial charge in [-0.1, -0.05) is 23.6 Å². The molecule has 0 aromatic heterocycles. The van der Waals surface area contributed by atoms with Crippen molar-refractivity contribution in [3.05, 3.63) is 28.8 Å². The van der Waals surface area contributed by atoms with Gasteiger partial charge in [-0.3, -0.25) is 0 Å². The average Bonchev–Trinajstić information content (AvgIpc) is 2.18. The van der Waals surface area contributed by atoms with Gasteiger partial charge in [0.2, 0.25) is 0 Å². The molecule has 0 unspecified atom stereocenters. The number of hydrogen-bond donors (Lipinski definition) is 1. The van der Waals surface area contributed by atoms with E-state index in [0.717, 1.165) is 0 Å². The van der Waals surface area contributed by atoms with Crippen LogP contribution in [-0.2, 0) is 6.61 Å². The third kappa shape index (κ3) is 2.66. The lowest BCUT2D eigenvalue weighted by molar-refractivity contribution is 0.271. The summed E-state index contributed by atoms with van der Waals surface area (Å²) in [6, 6.07) is 5.25. The van der Waals surface area contributed by atoms with Crippen molar-refractivity contribution in [1.29, 1.82) is 0 Å². The van der Waals surface area contributed by atoms with Crippen molar-refractivity contribution < 1.29 is 9.84 Å². The summed E-state index contributed by atoms with van der Waals surface area (Å²) in [5.41, 5.74) is 0.604. The molecule has 0 amide bonds. The molecule has 14 heavy (non-hydrogen) atoms. The Morgan fingerprint density at radius 1 is 1.50 bits per heavy atom. The zero-order valence-electron chi connectivity index (χ0n) is 7.88. The Balaban J connectivity index is 2.83. The monoisotopic (exact) mass is 210 g/mol. The van der Waals surface area contributed by atoms with Crippen LogP contribution in [0.15, 0.2) is 18.2 Å². The van der Waals surface area contributed by atoms with Gasteiger partial charge in [-0.05, 0) is 19.1 Å². The van der Waals surface area contributed by atoms with E-state index in [0.29, 0.717) is 22.9 Å². The Labute approximate surface area is 88.5 Å². The lowest BCUT2D eigenvalue weighted by Crippen LogP contribution is -1.98. The second-order valence-corrected chi connectivity index (χ2v) is 3.00. The van der Waals surface area contributed by atoms with Crippen LogP contribution in [0.25, 0.3) is 0 Å². The standard InChI is InChI=1S/C11H11ClO2/c1-2-3-7-14-11-6-4-5-10(12)9(11)8-13/h4-6,13H,7-8H2,1H3. The summed E-state index contributed by atoms with van der Waals surface area (Å²) in [6.45, 7) is 1.92. The Kier molecular flexibility index (Phi) is 4.31. The summed E-state index contributed by atoms with van der Waals surface area (Å²) >= 11 is 5.87. The van der Waals surface area contributed by atoms with Crippen molar-refractivity contribution in [3.8, 4) is 17.6 Å². The Hall–Kier alpha value is -1.17. The van der Waals surface area contributed by atoms with Crippen molar-refractivity contribution in [2.75, 3.05) is 6.61 Å². The highest BCUT2D eigenvalue weighted by atomic mass is 35.5. The largest absolute Gasteiger partial charge is 0.481 e. The first-order chi connectivity index (χ1) is 6.79. The smallest absolute Gasteiger partial charge is 0.149 e. The third-order valence-corrected chi connectivity index (χ3v) is 2.06. The molecule has 0 radical (unpaired) electrons. The normalized spacial score (nSPS) is 9.07. The van der Waals surface area contributed by atoms with Gasteiger partial charge >= 0.3 is 0 Å². The van der Waals surface area contributed by atoms with Gasteiger partial charge < -0.3 is 9.84 Å². The number of aliphatic hydroxyl groups excluding tert-OH is 1. The number of ether oxygens (including phenoxy) is 1. The van der Waals surface area contributed by atoms with Crippen LogP contribution < -0.4 is 4.74 Å². The minimum Gasteiger partial charge on any atom is -0.481 e. The molecule has 0 spiro atoms. The molecule has 0 saturated heterocycles. The molecule has 1 aromatic carbocycles.